The van der Waals surface area contributed by atoms with Crippen molar-refractivity contribution in [3.63, 3.8) is 0 Å². The molecule has 0 radical (unpaired) electrons. The third-order valence-electron chi connectivity index (χ3n) is 15.2. The highest BCUT2D eigenvalue weighted by Gasteiger charge is 2.19. The normalized spacial score (nSPS) is 12.5. The van der Waals surface area contributed by atoms with Crippen LogP contribution in [0, 0.1) is 0 Å². The summed E-state index contributed by atoms with van der Waals surface area (Å²) in [7, 11) is 0. The third kappa shape index (κ3) is 65.5. The lowest BCUT2D eigenvalue weighted by molar-refractivity contribution is -0.167. The lowest BCUT2D eigenvalue weighted by Gasteiger charge is -2.18. The predicted molar refractivity (Wildman–Crippen MR) is 344 cm³/mol. The Labute approximate surface area is 491 Å². The number of carbonyl (C=O) groups is 3. The van der Waals surface area contributed by atoms with E-state index in [1.807, 2.05) is 0 Å². The van der Waals surface area contributed by atoms with Gasteiger partial charge < -0.3 is 14.2 Å². The van der Waals surface area contributed by atoms with Gasteiger partial charge in [0.05, 0.1) is 0 Å². The zero-order valence-electron chi connectivity index (χ0n) is 52.6. The molecule has 79 heavy (non-hydrogen) atoms. The van der Waals surface area contributed by atoms with Crippen LogP contribution in [-0.2, 0) is 28.6 Å². The second kappa shape index (κ2) is 67.4. The summed E-state index contributed by atoms with van der Waals surface area (Å²) in [6.45, 7) is 6.57. The van der Waals surface area contributed by atoms with E-state index in [2.05, 4.69) is 93.7 Å². The number of hydrogen-bond donors (Lipinski definition) is 0. The first-order valence-electron chi connectivity index (χ1n) is 34.4. The number of esters is 3. The second-order valence-electron chi connectivity index (χ2n) is 23.1. The summed E-state index contributed by atoms with van der Waals surface area (Å²) in [6, 6.07) is 0. The highest BCUT2D eigenvalue weighted by Crippen LogP contribution is 2.18. The fraction of sp³-hybridized carbons (Fsp3) is 0.795. The van der Waals surface area contributed by atoms with E-state index < -0.39 is 6.10 Å². The standard InChI is InChI=1S/C73H130O6/c1-4-7-10-13-16-19-22-25-28-31-33-35-36-37-38-39-41-42-45-48-51-54-57-60-63-66-72(75)78-69-70(68-77-71(74)65-62-59-56-53-50-47-44-30-27-24-21-18-15-12-9-6-3)79-73(76)67-64-61-58-55-52-49-46-43-40-34-32-29-26-23-20-17-14-11-8-5-2/h7,10,16,19,25,28,30,33,35,37-38,44,70H,4-6,8-9,11-15,17-18,20-24,26-27,29,31-32,34,36,39-43,45-69H2,1-3H3/b10-7-,19-16-,28-25-,35-33-,38-37-,44-30-. The molecule has 0 saturated carbocycles. The van der Waals surface area contributed by atoms with Crippen molar-refractivity contribution in [3.8, 4) is 0 Å². The average molecular weight is 1100 g/mol. The number of rotatable bonds is 63. The molecule has 6 nitrogen and oxygen atoms in total. The van der Waals surface area contributed by atoms with Gasteiger partial charge in [0.1, 0.15) is 13.2 Å². The van der Waals surface area contributed by atoms with E-state index >= 15 is 0 Å². The first kappa shape index (κ1) is 75.8. The first-order valence-corrected chi connectivity index (χ1v) is 34.4. The van der Waals surface area contributed by atoms with Crippen LogP contribution >= 0.6 is 0 Å². The maximum absolute atomic E-state index is 13.0. The quantitative estimate of drug-likeness (QED) is 0.0261. The molecule has 0 aromatic heterocycles. The fourth-order valence-electron chi connectivity index (χ4n) is 10.1. The maximum Gasteiger partial charge on any atom is 0.306 e. The van der Waals surface area contributed by atoms with Crippen molar-refractivity contribution >= 4 is 17.9 Å². The first-order chi connectivity index (χ1) is 39.0. The number of unbranched alkanes of at least 4 members (excludes halogenated alkanes) is 40. The van der Waals surface area contributed by atoms with Gasteiger partial charge in [-0.05, 0) is 89.9 Å². The number of allylic oxidation sites excluding steroid dienone is 12. The van der Waals surface area contributed by atoms with E-state index in [1.54, 1.807) is 0 Å². The van der Waals surface area contributed by atoms with Crippen LogP contribution in [0.2, 0.25) is 0 Å². The van der Waals surface area contributed by atoms with Crippen LogP contribution in [0.4, 0.5) is 0 Å². The van der Waals surface area contributed by atoms with E-state index in [4.69, 9.17) is 14.2 Å². The molecule has 6 heteroatoms. The molecule has 0 spiro atoms. The van der Waals surface area contributed by atoms with Gasteiger partial charge in [0.15, 0.2) is 6.10 Å². The van der Waals surface area contributed by atoms with Gasteiger partial charge in [-0.15, -0.1) is 0 Å². The Hall–Kier alpha value is -3.15. The molecule has 0 bridgehead atoms. The van der Waals surface area contributed by atoms with Crippen molar-refractivity contribution in [2.75, 3.05) is 13.2 Å². The van der Waals surface area contributed by atoms with E-state index in [-0.39, 0.29) is 31.1 Å². The third-order valence-corrected chi connectivity index (χ3v) is 15.2. The van der Waals surface area contributed by atoms with Gasteiger partial charge in [0.25, 0.3) is 0 Å². The number of carbonyl (C=O) groups excluding carboxylic acids is 3. The van der Waals surface area contributed by atoms with E-state index in [0.29, 0.717) is 19.3 Å². The number of ether oxygens (including phenoxy) is 3. The molecule has 0 fully saturated rings. The summed E-state index contributed by atoms with van der Waals surface area (Å²) in [5.41, 5.74) is 0. The summed E-state index contributed by atoms with van der Waals surface area (Å²) >= 11 is 0. The van der Waals surface area contributed by atoms with Crippen LogP contribution in [-0.4, -0.2) is 37.2 Å². The smallest absolute Gasteiger partial charge is 0.306 e. The molecule has 0 N–H and O–H groups in total. The van der Waals surface area contributed by atoms with Crippen LogP contribution in [0.3, 0.4) is 0 Å². The van der Waals surface area contributed by atoms with Crippen LogP contribution in [0.5, 0.6) is 0 Å². The summed E-state index contributed by atoms with van der Waals surface area (Å²) in [5, 5.41) is 0. The summed E-state index contributed by atoms with van der Waals surface area (Å²) in [4.78, 5) is 38.4. The molecule has 458 valence electrons. The topological polar surface area (TPSA) is 78.9 Å². The SMILES string of the molecule is CC/C=C\C/C=C\C/C=C\C/C=C\C/C=C\CCCCCCCCCCCC(=O)OCC(COC(=O)CCCCCCC/C=C\CCCCCCCCC)OC(=O)CCCCCCCCCCCCCCCCCCCCCC. The highest BCUT2D eigenvalue weighted by molar-refractivity contribution is 5.71. The Morgan fingerprint density at radius 2 is 0.494 bits per heavy atom. The molecule has 0 aromatic rings. The van der Waals surface area contributed by atoms with Crippen LogP contribution < -0.4 is 0 Å². The zero-order valence-corrected chi connectivity index (χ0v) is 52.6. The molecule has 0 aliphatic carbocycles. The summed E-state index contributed by atoms with van der Waals surface area (Å²) in [5.74, 6) is -0.869. The van der Waals surface area contributed by atoms with Crippen LogP contribution in [0.1, 0.15) is 355 Å². The molecule has 1 atom stereocenters. The molecule has 0 aliphatic heterocycles. The van der Waals surface area contributed by atoms with Crippen LogP contribution in [0.25, 0.3) is 0 Å². The Bertz CT molecular complexity index is 1450. The molecule has 0 heterocycles. The van der Waals surface area contributed by atoms with Crippen molar-refractivity contribution in [2.45, 2.75) is 361 Å². The van der Waals surface area contributed by atoms with Gasteiger partial charge in [0, 0.05) is 19.3 Å². The minimum absolute atomic E-state index is 0.0777. The zero-order chi connectivity index (χ0) is 57.1. The molecule has 0 amide bonds. The van der Waals surface area contributed by atoms with Crippen molar-refractivity contribution < 1.29 is 28.6 Å². The minimum Gasteiger partial charge on any atom is -0.462 e. The highest BCUT2D eigenvalue weighted by atomic mass is 16.6. The predicted octanol–water partition coefficient (Wildman–Crippen LogP) is 23.7. The monoisotopic (exact) mass is 1100 g/mol. The van der Waals surface area contributed by atoms with Gasteiger partial charge in [0.2, 0.25) is 0 Å². The second-order valence-corrected chi connectivity index (χ2v) is 23.1. The van der Waals surface area contributed by atoms with Crippen molar-refractivity contribution in [3.05, 3.63) is 72.9 Å². The summed E-state index contributed by atoms with van der Waals surface area (Å²) in [6.07, 6.45) is 87.7. The van der Waals surface area contributed by atoms with Gasteiger partial charge in [-0.25, -0.2) is 0 Å². The minimum atomic E-state index is -0.781. The Morgan fingerprint density at radius 3 is 0.785 bits per heavy atom. The molecule has 0 aromatic carbocycles. The average Bonchev–Trinajstić information content (AvgIpc) is 3.45. The van der Waals surface area contributed by atoms with Gasteiger partial charge in [-0.1, -0.05) is 318 Å². The molecule has 1 unspecified atom stereocenters. The molecular formula is C73H130O6. The van der Waals surface area contributed by atoms with E-state index in [0.717, 1.165) is 103 Å². The van der Waals surface area contributed by atoms with Gasteiger partial charge in [-0.2, -0.15) is 0 Å². The van der Waals surface area contributed by atoms with E-state index in [9.17, 15) is 14.4 Å². The fourth-order valence-corrected chi connectivity index (χ4v) is 10.1. The maximum atomic E-state index is 13.0. The van der Waals surface area contributed by atoms with E-state index in [1.165, 1.54) is 212 Å². The van der Waals surface area contributed by atoms with Gasteiger partial charge >= 0.3 is 17.9 Å². The molecule has 0 saturated heterocycles. The van der Waals surface area contributed by atoms with Crippen molar-refractivity contribution in [2.24, 2.45) is 0 Å². The lowest BCUT2D eigenvalue weighted by atomic mass is 10.0. The largest absolute Gasteiger partial charge is 0.462 e. The molecule has 0 aliphatic rings. The Balaban J connectivity index is 4.34. The summed E-state index contributed by atoms with van der Waals surface area (Å²) < 4.78 is 17.0. The van der Waals surface area contributed by atoms with Gasteiger partial charge in [-0.3, -0.25) is 14.4 Å². The van der Waals surface area contributed by atoms with Crippen molar-refractivity contribution in [1.29, 1.82) is 0 Å². The van der Waals surface area contributed by atoms with Crippen LogP contribution in [0.15, 0.2) is 72.9 Å². The molecule has 0 rings (SSSR count). The molecular weight excluding hydrogens is 973 g/mol. The Kier molecular flexibility index (Phi) is 64.7. The Morgan fingerprint density at radius 1 is 0.266 bits per heavy atom. The number of hydrogen-bond acceptors (Lipinski definition) is 6. The lowest BCUT2D eigenvalue weighted by Crippen LogP contribution is -2.30. The van der Waals surface area contributed by atoms with Crippen molar-refractivity contribution in [1.82, 2.24) is 0 Å².